The molecule has 0 radical (unpaired) electrons. The summed E-state index contributed by atoms with van der Waals surface area (Å²) >= 11 is 31.9. The minimum Gasteiger partial charge on any atom is -0.325 e. The molecule has 0 aliphatic rings. The van der Waals surface area contributed by atoms with E-state index in [4.69, 9.17) is 58.0 Å². The molecule has 7 heteroatoms. The van der Waals surface area contributed by atoms with Gasteiger partial charge in [0.2, 0.25) is 0 Å². The van der Waals surface area contributed by atoms with Gasteiger partial charge in [0.25, 0.3) is 0 Å². The van der Waals surface area contributed by atoms with Crippen LogP contribution in [0.5, 0.6) is 0 Å². The maximum Gasteiger partial charge on any atom is 0.0809 e. The van der Waals surface area contributed by atoms with Gasteiger partial charge in [-0.15, -0.1) is 0 Å². The Kier molecular flexibility index (Phi) is 7.09. The first-order chi connectivity index (χ1) is 10.9. The van der Waals surface area contributed by atoms with Gasteiger partial charge in [-0.05, 0) is 42.0 Å². The van der Waals surface area contributed by atoms with E-state index < -0.39 is 0 Å². The molecule has 0 saturated heterocycles. The van der Waals surface area contributed by atoms with Crippen LogP contribution in [0, 0.1) is 0 Å². The van der Waals surface area contributed by atoms with Crippen LogP contribution in [0.25, 0.3) is 0 Å². The second-order valence-corrected chi connectivity index (χ2v) is 7.51. The van der Waals surface area contributed by atoms with E-state index in [9.17, 15) is 0 Å². The molecule has 0 bridgehead atoms. The smallest absolute Gasteiger partial charge is 0.0809 e. The van der Waals surface area contributed by atoms with Gasteiger partial charge in [0.05, 0.1) is 30.0 Å². The summed E-state index contributed by atoms with van der Waals surface area (Å²) in [6.07, 6.45) is 1.92. The quantitative estimate of drug-likeness (QED) is 0.292. The minimum absolute atomic E-state index is 0.161. The Morgan fingerprint density at radius 1 is 0.826 bits per heavy atom. The first-order valence-corrected chi connectivity index (χ1v) is 9.67. The van der Waals surface area contributed by atoms with Crippen LogP contribution in [-0.2, 0) is 12.8 Å². The van der Waals surface area contributed by atoms with Gasteiger partial charge in [0.15, 0.2) is 0 Å². The molecule has 0 spiro atoms. The van der Waals surface area contributed by atoms with Crippen molar-refractivity contribution in [1.82, 2.24) is 0 Å². The van der Waals surface area contributed by atoms with Crippen molar-refractivity contribution in [2.75, 3.05) is 4.72 Å². The summed E-state index contributed by atoms with van der Waals surface area (Å²) in [5.41, 5.74) is 3.52. The lowest BCUT2D eigenvalue weighted by Gasteiger charge is -2.15. The molecule has 2 aromatic rings. The third-order valence-corrected chi connectivity index (χ3v) is 6.83. The van der Waals surface area contributed by atoms with Crippen LogP contribution in [0.4, 0.5) is 5.69 Å². The van der Waals surface area contributed by atoms with E-state index in [-0.39, 0.29) is 25.1 Å². The molecule has 0 heterocycles. The SMILES string of the molecule is CCc1ccc(NSc2c(Cl)c(Cl)c(Cl)c(Cl)c2Cl)c(CC)c1. The van der Waals surface area contributed by atoms with Gasteiger partial charge in [0, 0.05) is 5.69 Å². The number of rotatable bonds is 5. The summed E-state index contributed by atoms with van der Waals surface area (Å²) in [6, 6.07) is 6.33. The standard InChI is InChI=1S/C16H14Cl5NS/c1-3-8-5-6-10(9(4-2)7-8)22-23-16-14(20)12(18)11(17)13(19)15(16)21/h5-7,22H,3-4H2,1-2H3. The number of aryl methyl sites for hydroxylation is 2. The van der Waals surface area contributed by atoms with Crippen LogP contribution in [0.1, 0.15) is 25.0 Å². The molecule has 2 rings (SSSR count). The number of hydrogen-bond acceptors (Lipinski definition) is 2. The Morgan fingerprint density at radius 2 is 1.39 bits per heavy atom. The molecular formula is C16H14Cl5NS. The summed E-state index contributed by atoms with van der Waals surface area (Å²) in [5, 5.41) is 1.13. The van der Waals surface area contributed by atoms with E-state index >= 15 is 0 Å². The van der Waals surface area contributed by atoms with E-state index in [1.54, 1.807) is 0 Å². The fourth-order valence-corrected chi connectivity index (χ4v) is 4.32. The third kappa shape index (κ3) is 4.18. The highest BCUT2D eigenvalue weighted by atomic mass is 35.5. The van der Waals surface area contributed by atoms with Crippen LogP contribution in [0.3, 0.4) is 0 Å². The first-order valence-electron chi connectivity index (χ1n) is 6.96. The Morgan fingerprint density at radius 3 is 1.91 bits per heavy atom. The molecular weight excluding hydrogens is 416 g/mol. The summed E-state index contributed by atoms with van der Waals surface area (Å²) in [6.45, 7) is 4.24. The highest BCUT2D eigenvalue weighted by Gasteiger charge is 2.20. The molecule has 1 nitrogen and oxygen atoms in total. The number of nitrogens with one attached hydrogen (secondary N) is 1. The number of hydrogen-bond donors (Lipinski definition) is 1. The highest BCUT2D eigenvalue weighted by Crippen LogP contribution is 2.47. The van der Waals surface area contributed by atoms with Gasteiger partial charge in [-0.25, -0.2) is 0 Å². The molecule has 0 aliphatic heterocycles. The molecule has 124 valence electrons. The summed E-state index contributed by atoms with van der Waals surface area (Å²) in [7, 11) is 0. The van der Waals surface area contributed by atoms with Crippen molar-refractivity contribution in [3.8, 4) is 0 Å². The second-order valence-electron chi connectivity index (χ2n) is 4.80. The van der Waals surface area contributed by atoms with Crippen molar-refractivity contribution in [2.45, 2.75) is 31.6 Å². The molecule has 0 unspecified atom stereocenters. The average Bonchev–Trinajstić information content (AvgIpc) is 2.58. The zero-order chi connectivity index (χ0) is 17.1. The lowest BCUT2D eigenvalue weighted by molar-refractivity contribution is 1.09. The maximum absolute atomic E-state index is 6.24. The van der Waals surface area contributed by atoms with Gasteiger partial charge in [-0.2, -0.15) is 0 Å². The Labute approximate surface area is 165 Å². The highest BCUT2D eigenvalue weighted by molar-refractivity contribution is 8.00. The lowest BCUT2D eigenvalue weighted by atomic mass is 10.1. The topological polar surface area (TPSA) is 12.0 Å². The molecule has 0 fully saturated rings. The maximum atomic E-state index is 6.24. The summed E-state index contributed by atoms with van der Waals surface area (Å²) in [4.78, 5) is 0.550. The van der Waals surface area contributed by atoms with Gasteiger partial charge in [-0.3, -0.25) is 0 Å². The molecule has 0 aliphatic carbocycles. The molecule has 0 saturated carbocycles. The number of benzene rings is 2. The Hall–Kier alpha value is 0.0400. The van der Waals surface area contributed by atoms with E-state index in [2.05, 4.69) is 30.7 Å². The van der Waals surface area contributed by atoms with Gasteiger partial charge >= 0.3 is 0 Å². The van der Waals surface area contributed by atoms with Crippen molar-refractivity contribution in [3.63, 3.8) is 0 Å². The Bertz CT molecular complexity index is 704. The number of halogens is 5. The second kappa shape index (κ2) is 8.42. The average molecular weight is 430 g/mol. The van der Waals surface area contributed by atoms with E-state index in [1.807, 2.05) is 6.07 Å². The molecule has 0 amide bonds. The van der Waals surface area contributed by atoms with Gasteiger partial charge < -0.3 is 4.72 Å². The molecule has 2 aromatic carbocycles. The fraction of sp³-hybridized carbons (Fsp3) is 0.250. The molecule has 1 N–H and O–H groups in total. The van der Waals surface area contributed by atoms with Crippen molar-refractivity contribution < 1.29 is 0 Å². The molecule has 23 heavy (non-hydrogen) atoms. The van der Waals surface area contributed by atoms with E-state index in [0.717, 1.165) is 18.5 Å². The lowest BCUT2D eigenvalue weighted by Crippen LogP contribution is -1.96. The fourth-order valence-electron chi connectivity index (χ4n) is 2.04. The van der Waals surface area contributed by atoms with Crippen LogP contribution < -0.4 is 4.72 Å². The summed E-state index contributed by atoms with van der Waals surface area (Å²) in [5.74, 6) is 0. The van der Waals surface area contributed by atoms with E-state index in [1.165, 1.54) is 23.1 Å². The Balaban J connectivity index is 2.32. The number of anilines is 1. The third-order valence-electron chi connectivity index (χ3n) is 3.39. The van der Waals surface area contributed by atoms with E-state index in [0.29, 0.717) is 4.90 Å². The van der Waals surface area contributed by atoms with Crippen molar-refractivity contribution >= 4 is 75.6 Å². The zero-order valence-electron chi connectivity index (χ0n) is 12.4. The van der Waals surface area contributed by atoms with Crippen LogP contribution in [0.2, 0.25) is 25.1 Å². The van der Waals surface area contributed by atoms with Crippen molar-refractivity contribution in [2.24, 2.45) is 0 Å². The van der Waals surface area contributed by atoms with Gasteiger partial charge in [0.1, 0.15) is 0 Å². The van der Waals surface area contributed by atoms with Crippen LogP contribution in [0.15, 0.2) is 23.1 Å². The normalized spacial score (nSPS) is 10.9. The summed E-state index contributed by atoms with van der Waals surface area (Å²) < 4.78 is 3.27. The largest absolute Gasteiger partial charge is 0.325 e. The zero-order valence-corrected chi connectivity index (χ0v) is 17.0. The van der Waals surface area contributed by atoms with Crippen LogP contribution in [-0.4, -0.2) is 0 Å². The molecule has 0 atom stereocenters. The van der Waals surface area contributed by atoms with Crippen LogP contribution >= 0.6 is 70.0 Å². The van der Waals surface area contributed by atoms with Gasteiger partial charge in [-0.1, -0.05) is 84.0 Å². The first kappa shape index (κ1) is 19.4. The molecule has 0 aromatic heterocycles. The van der Waals surface area contributed by atoms with Crippen molar-refractivity contribution in [1.29, 1.82) is 0 Å². The predicted octanol–water partition coefficient (Wildman–Crippen LogP) is 8.20. The predicted molar refractivity (Wildman–Crippen MR) is 106 cm³/mol. The monoisotopic (exact) mass is 427 g/mol. The van der Waals surface area contributed by atoms with Crippen molar-refractivity contribution in [3.05, 3.63) is 54.4 Å². The minimum atomic E-state index is 0.161.